The van der Waals surface area contributed by atoms with Crippen molar-refractivity contribution in [2.45, 2.75) is 43.6 Å². The number of rotatable bonds is 4. The minimum atomic E-state index is -0.648. The molecular formula is C14H17Cl2NO2. The average molecular weight is 302 g/mol. The standard InChI is InChI=1S/C14H17Cl2NO2/c15-8-1-3-11(16)10(5-8)13(18)7-17-12-6-9-2-4-14(12)19-9/h1,3,5,9,12-14,17-18H,2,4,6-7H2. The predicted octanol–water partition coefficient (Wildman–Crippen LogP) is 2.94. The molecule has 4 unspecified atom stereocenters. The molecule has 0 aromatic heterocycles. The molecule has 1 aromatic rings. The van der Waals surface area contributed by atoms with Gasteiger partial charge in [-0.1, -0.05) is 23.2 Å². The highest BCUT2D eigenvalue weighted by Crippen LogP contribution is 2.34. The number of halogens is 2. The minimum absolute atomic E-state index is 0.312. The smallest absolute Gasteiger partial charge is 0.0929 e. The Labute approximate surface area is 122 Å². The molecule has 19 heavy (non-hydrogen) atoms. The zero-order valence-electron chi connectivity index (χ0n) is 10.5. The number of nitrogens with one attached hydrogen (secondary N) is 1. The van der Waals surface area contributed by atoms with E-state index < -0.39 is 6.10 Å². The third-order valence-corrected chi connectivity index (χ3v) is 4.58. The summed E-state index contributed by atoms with van der Waals surface area (Å²) in [4.78, 5) is 0. The van der Waals surface area contributed by atoms with Gasteiger partial charge in [0.05, 0.1) is 18.3 Å². The van der Waals surface area contributed by atoms with E-state index in [2.05, 4.69) is 5.32 Å². The van der Waals surface area contributed by atoms with Crippen molar-refractivity contribution in [3.05, 3.63) is 33.8 Å². The van der Waals surface area contributed by atoms with Gasteiger partial charge in [-0.25, -0.2) is 0 Å². The van der Waals surface area contributed by atoms with Crippen LogP contribution in [0.4, 0.5) is 0 Å². The Bertz CT molecular complexity index is 469. The summed E-state index contributed by atoms with van der Waals surface area (Å²) in [6.45, 7) is 0.470. The van der Waals surface area contributed by atoms with Crippen LogP contribution >= 0.6 is 23.2 Å². The quantitative estimate of drug-likeness (QED) is 0.898. The Morgan fingerprint density at radius 3 is 2.89 bits per heavy atom. The van der Waals surface area contributed by atoms with E-state index in [0.29, 0.717) is 40.4 Å². The van der Waals surface area contributed by atoms with E-state index in [1.807, 2.05) is 0 Å². The van der Waals surface area contributed by atoms with E-state index in [0.717, 1.165) is 12.8 Å². The minimum Gasteiger partial charge on any atom is -0.387 e. The molecule has 3 nitrogen and oxygen atoms in total. The van der Waals surface area contributed by atoms with Gasteiger partial charge >= 0.3 is 0 Å². The molecule has 0 saturated carbocycles. The molecule has 2 fully saturated rings. The highest BCUT2D eigenvalue weighted by molar-refractivity contribution is 6.33. The maximum absolute atomic E-state index is 10.2. The summed E-state index contributed by atoms with van der Waals surface area (Å²) in [5, 5.41) is 14.7. The van der Waals surface area contributed by atoms with Crippen LogP contribution in [0.25, 0.3) is 0 Å². The van der Waals surface area contributed by atoms with Crippen molar-refractivity contribution in [1.29, 1.82) is 0 Å². The Balaban J connectivity index is 1.59. The summed E-state index contributed by atoms with van der Waals surface area (Å²) in [7, 11) is 0. The van der Waals surface area contributed by atoms with E-state index in [1.54, 1.807) is 18.2 Å². The first-order chi connectivity index (χ1) is 9.13. The van der Waals surface area contributed by atoms with Crippen molar-refractivity contribution in [2.24, 2.45) is 0 Å². The van der Waals surface area contributed by atoms with E-state index in [-0.39, 0.29) is 0 Å². The molecule has 2 N–H and O–H groups in total. The fourth-order valence-corrected chi connectivity index (χ4v) is 3.42. The van der Waals surface area contributed by atoms with Crippen molar-refractivity contribution >= 4 is 23.2 Å². The van der Waals surface area contributed by atoms with Gasteiger partial charge in [-0.05, 0) is 37.5 Å². The molecule has 2 aliphatic rings. The van der Waals surface area contributed by atoms with Gasteiger partial charge in [0.2, 0.25) is 0 Å². The van der Waals surface area contributed by atoms with Crippen LogP contribution in [0.15, 0.2) is 18.2 Å². The highest BCUT2D eigenvalue weighted by Gasteiger charge is 2.40. The fraction of sp³-hybridized carbons (Fsp3) is 0.571. The number of hydrogen-bond donors (Lipinski definition) is 2. The van der Waals surface area contributed by atoms with Crippen LogP contribution in [0.3, 0.4) is 0 Å². The molecule has 0 radical (unpaired) electrons. The summed E-state index contributed by atoms with van der Waals surface area (Å²) < 4.78 is 5.77. The maximum atomic E-state index is 10.2. The van der Waals surface area contributed by atoms with Gasteiger partial charge in [-0.3, -0.25) is 0 Å². The molecule has 2 bridgehead atoms. The maximum Gasteiger partial charge on any atom is 0.0929 e. The van der Waals surface area contributed by atoms with Crippen molar-refractivity contribution < 1.29 is 9.84 Å². The molecule has 1 aromatic carbocycles. The number of ether oxygens (including phenoxy) is 1. The van der Waals surface area contributed by atoms with Gasteiger partial charge in [0, 0.05) is 28.2 Å². The van der Waals surface area contributed by atoms with Crippen molar-refractivity contribution in [2.75, 3.05) is 6.54 Å². The Kier molecular flexibility index (Phi) is 4.01. The van der Waals surface area contributed by atoms with Crippen molar-refractivity contribution in [1.82, 2.24) is 5.32 Å². The first-order valence-electron chi connectivity index (χ1n) is 6.65. The highest BCUT2D eigenvalue weighted by atomic mass is 35.5. The summed E-state index contributed by atoms with van der Waals surface area (Å²) >= 11 is 12.0. The first kappa shape index (κ1) is 13.7. The number of benzene rings is 1. The van der Waals surface area contributed by atoms with Crippen molar-refractivity contribution in [3.8, 4) is 0 Å². The number of fused-ring (bicyclic) bond motifs is 2. The van der Waals surface area contributed by atoms with Gasteiger partial charge in [0.1, 0.15) is 0 Å². The SMILES string of the molecule is OC(CNC1CC2CCC1O2)c1cc(Cl)ccc1Cl. The Morgan fingerprint density at radius 2 is 2.21 bits per heavy atom. The number of aliphatic hydroxyl groups excluding tert-OH is 1. The van der Waals surface area contributed by atoms with Gasteiger partial charge in [0.25, 0.3) is 0 Å². The van der Waals surface area contributed by atoms with E-state index in [9.17, 15) is 5.11 Å². The molecule has 5 heteroatoms. The molecule has 2 aliphatic heterocycles. The van der Waals surface area contributed by atoms with Crippen LogP contribution in [-0.2, 0) is 4.74 Å². The molecule has 0 spiro atoms. The summed E-state index contributed by atoms with van der Waals surface area (Å²) in [5.41, 5.74) is 0.672. The largest absolute Gasteiger partial charge is 0.387 e. The van der Waals surface area contributed by atoms with E-state index >= 15 is 0 Å². The van der Waals surface area contributed by atoms with Crippen LogP contribution in [-0.4, -0.2) is 29.9 Å². The molecule has 0 aliphatic carbocycles. The van der Waals surface area contributed by atoms with Gasteiger partial charge in [-0.15, -0.1) is 0 Å². The van der Waals surface area contributed by atoms with Crippen LogP contribution < -0.4 is 5.32 Å². The lowest BCUT2D eigenvalue weighted by Gasteiger charge is -2.22. The predicted molar refractivity (Wildman–Crippen MR) is 75.7 cm³/mol. The molecule has 104 valence electrons. The Morgan fingerprint density at radius 1 is 1.37 bits per heavy atom. The van der Waals surface area contributed by atoms with Gasteiger partial charge in [-0.2, -0.15) is 0 Å². The number of hydrogen-bond acceptors (Lipinski definition) is 3. The van der Waals surface area contributed by atoms with Gasteiger partial charge < -0.3 is 15.2 Å². The normalized spacial score (nSPS) is 30.8. The lowest BCUT2D eigenvalue weighted by molar-refractivity contribution is 0.0942. The van der Waals surface area contributed by atoms with E-state index in [4.69, 9.17) is 27.9 Å². The summed E-state index contributed by atoms with van der Waals surface area (Å²) in [6, 6.07) is 5.50. The second kappa shape index (κ2) is 5.58. The zero-order chi connectivity index (χ0) is 13.4. The molecule has 4 atom stereocenters. The molecule has 2 saturated heterocycles. The molecule has 0 amide bonds. The summed E-state index contributed by atoms with van der Waals surface area (Å²) in [5.74, 6) is 0. The van der Waals surface area contributed by atoms with Crippen molar-refractivity contribution in [3.63, 3.8) is 0 Å². The lowest BCUT2D eigenvalue weighted by Crippen LogP contribution is -2.39. The monoisotopic (exact) mass is 301 g/mol. The Hall–Kier alpha value is -0.320. The summed E-state index contributed by atoms with van der Waals surface area (Å²) in [6.07, 6.45) is 3.41. The van der Waals surface area contributed by atoms with Gasteiger partial charge in [0.15, 0.2) is 0 Å². The molecule has 3 rings (SSSR count). The molecular weight excluding hydrogens is 285 g/mol. The third-order valence-electron chi connectivity index (χ3n) is 4.00. The number of aliphatic hydroxyl groups is 1. The van der Waals surface area contributed by atoms with Crippen LogP contribution in [0.5, 0.6) is 0 Å². The van der Waals surface area contributed by atoms with Crippen LogP contribution in [0.1, 0.15) is 30.9 Å². The fourth-order valence-electron chi connectivity index (χ4n) is 3.00. The zero-order valence-corrected chi connectivity index (χ0v) is 12.0. The lowest BCUT2D eigenvalue weighted by atomic mass is 9.95. The van der Waals surface area contributed by atoms with E-state index in [1.165, 1.54) is 6.42 Å². The molecule has 2 heterocycles. The second-order valence-electron chi connectivity index (χ2n) is 5.31. The van der Waals surface area contributed by atoms with Crippen LogP contribution in [0.2, 0.25) is 10.0 Å². The third kappa shape index (κ3) is 2.91. The average Bonchev–Trinajstić information content (AvgIpc) is 3.01. The first-order valence-corrected chi connectivity index (χ1v) is 7.41. The van der Waals surface area contributed by atoms with Crippen LogP contribution in [0, 0.1) is 0 Å². The topological polar surface area (TPSA) is 41.5 Å². The second-order valence-corrected chi connectivity index (χ2v) is 6.15.